The molecule has 28 heavy (non-hydrogen) atoms. The summed E-state index contributed by atoms with van der Waals surface area (Å²) in [6.07, 6.45) is 5.80. The monoisotopic (exact) mass is 388 g/mol. The Kier molecular flexibility index (Phi) is 5.29. The van der Waals surface area contributed by atoms with Crippen molar-refractivity contribution >= 4 is 11.6 Å². The van der Waals surface area contributed by atoms with Gasteiger partial charge in [0.2, 0.25) is 0 Å². The van der Waals surface area contributed by atoms with E-state index in [-0.39, 0.29) is 0 Å². The predicted octanol–water partition coefficient (Wildman–Crippen LogP) is 5.33. The van der Waals surface area contributed by atoms with Gasteiger partial charge in [0.05, 0.1) is 12.9 Å². The van der Waals surface area contributed by atoms with Gasteiger partial charge < -0.3 is 9.67 Å². The molecule has 0 aliphatic carbocycles. The van der Waals surface area contributed by atoms with Crippen LogP contribution in [0.3, 0.4) is 0 Å². The predicted molar refractivity (Wildman–Crippen MR) is 113 cm³/mol. The summed E-state index contributed by atoms with van der Waals surface area (Å²) in [5, 5.41) is 12.3. The maximum absolute atomic E-state index is 11.7. The molecule has 0 fully saturated rings. The molecule has 4 aromatic rings. The minimum Gasteiger partial charge on any atom is -0.383 e. The molecular weight excluding hydrogens is 368 g/mol. The van der Waals surface area contributed by atoms with Crippen molar-refractivity contribution in [3.63, 3.8) is 0 Å². The van der Waals surface area contributed by atoms with E-state index in [4.69, 9.17) is 11.6 Å². The molecule has 0 aliphatic heterocycles. The highest BCUT2D eigenvalue weighted by Gasteiger charge is 2.30. The van der Waals surface area contributed by atoms with Crippen molar-refractivity contribution in [2.45, 2.75) is 18.6 Å². The molecule has 1 atom stereocenters. The molecule has 0 amide bonds. The van der Waals surface area contributed by atoms with E-state index >= 15 is 0 Å². The third kappa shape index (κ3) is 4.16. The van der Waals surface area contributed by atoms with Gasteiger partial charge in [-0.2, -0.15) is 0 Å². The number of benzene rings is 3. The first-order valence-corrected chi connectivity index (χ1v) is 9.59. The highest BCUT2D eigenvalue weighted by molar-refractivity contribution is 6.30. The molecule has 0 radical (unpaired) electrons. The van der Waals surface area contributed by atoms with Crippen LogP contribution in [0.1, 0.15) is 11.1 Å². The van der Waals surface area contributed by atoms with Gasteiger partial charge in [-0.25, -0.2) is 4.98 Å². The second-order valence-corrected chi connectivity index (χ2v) is 7.45. The van der Waals surface area contributed by atoms with Gasteiger partial charge in [0, 0.05) is 23.8 Å². The summed E-state index contributed by atoms with van der Waals surface area (Å²) in [5.41, 5.74) is 3.12. The number of hydrogen-bond donors (Lipinski definition) is 1. The second kappa shape index (κ2) is 8.01. The van der Waals surface area contributed by atoms with Crippen molar-refractivity contribution in [2.75, 3.05) is 0 Å². The maximum Gasteiger partial charge on any atom is 0.111 e. The highest BCUT2D eigenvalue weighted by Crippen LogP contribution is 2.30. The molecule has 4 rings (SSSR count). The number of halogens is 1. The van der Waals surface area contributed by atoms with Crippen LogP contribution in [0.5, 0.6) is 0 Å². The number of rotatable bonds is 6. The summed E-state index contributed by atoms with van der Waals surface area (Å²) >= 11 is 6.02. The van der Waals surface area contributed by atoms with Crippen molar-refractivity contribution < 1.29 is 5.11 Å². The zero-order valence-corrected chi connectivity index (χ0v) is 16.1. The zero-order chi connectivity index (χ0) is 19.4. The second-order valence-electron chi connectivity index (χ2n) is 7.01. The summed E-state index contributed by atoms with van der Waals surface area (Å²) in [4.78, 5) is 4.11. The fourth-order valence-corrected chi connectivity index (χ4v) is 3.60. The number of nitrogens with zero attached hydrogens (tertiary/aromatic N) is 2. The third-order valence-electron chi connectivity index (χ3n) is 4.94. The Labute approximate surface area is 169 Å². The lowest BCUT2D eigenvalue weighted by Gasteiger charge is -2.29. The van der Waals surface area contributed by atoms with E-state index in [9.17, 15) is 5.11 Å². The van der Waals surface area contributed by atoms with Crippen LogP contribution in [0.2, 0.25) is 5.02 Å². The Morgan fingerprint density at radius 1 is 0.857 bits per heavy atom. The molecule has 0 bridgehead atoms. The summed E-state index contributed by atoms with van der Waals surface area (Å²) in [7, 11) is 0. The molecule has 4 heteroatoms. The molecule has 1 unspecified atom stereocenters. The van der Waals surface area contributed by atoms with Gasteiger partial charge in [0.25, 0.3) is 0 Å². The van der Waals surface area contributed by atoms with Crippen molar-refractivity contribution in [2.24, 2.45) is 0 Å². The summed E-state index contributed by atoms with van der Waals surface area (Å²) in [6, 6.07) is 26.0. The molecule has 0 saturated carbocycles. The summed E-state index contributed by atoms with van der Waals surface area (Å²) < 4.78 is 1.90. The standard InChI is InChI=1S/C24H21ClN2O/c25-23-12-6-19(7-13-23)16-24(28,17-27-15-14-26-18-27)22-10-8-21(9-11-22)20-4-2-1-3-5-20/h1-15,18,28H,16-17H2. The van der Waals surface area contributed by atoms with Crippen LogP contribution >= 0.6 is 11.6 Å². The fraction of sp³-hybridized carbons (Fsp3) is 0.125. The largest absolute Gasteiger partial charge is 0.383 e. The normalized spacial score (nSPS) is 13.2. The molecule has 140 valence electrons. The van der Waals surface area contributed by atoms with E-state index in [2.05, 4.69) is 29.2 Å². The molecule has 3 aromatic carbocycles. The molecule has 1 aromatic heterocycles. The molecule has 0 aliphatic rings. The van der Waals surface area contributed by atoms with Crippen LogP contribution in [-0.4, -0.2) is 14.7 Å². The van der Waals surface area contributed by atoms with Crippen LogP contribution in [-0.2, 0) is 18.6 Å². The zero-order valence-electron chi connectivity index (χ0n) is 15.4. The average molecular weight is 389 g/mol. The van der Waals surface area contributed by atoms with Gasteiger partial charge >= 0.3 is 0 Å². The number of hydrogen-bond acceptors (Lipinski definition) is 2. The lowest BCUT2D eigenvalue weighted by Crippen LogP contribution is -2.33. The van der Waals surface area contributed by atoms with E-state index in [1.165, 1.54) is 0 Å². The SMILES string of the molecule is OC(Cc1ccc(Cl)cc1)(Cn1ccnc1)c1ccc(-c2ccccc2)cc1. The van der Waals surface area contributed by atoms with Crippen LogP contribution in [0.4, 0.5) is 0 Å². The van der Waals surface area contributed by atoms with Crippen LogP contribution in [0.15, 0.2) is 97.6 Å². The summed E-state index contributed by atoms with van der Waals surface area (Å²) in [5.74, 6) is 0. The Hall–Kier alpha value is -2.88. The van der Waals surface area contributed by atoms with Crippen LogP contribution < -0.4 is 0 Å². The van der Waals surface area contributed by atoms with Gasteiger partial charge in [-0.05, 0) is 34.4 Å². The first kappa shape index (κ1) is 18.5. The quantitative estimate of drug-likeness (QED) is 0.484. The van der Waals surface area contributed by atoms with E-state index in [1.54, 1.807) is 12.5 Å². The first-order valence-electron chi connectivity index (χ1n) is 9.21. The van der Waals surface area contributed by atoms with Crippen molar-refractivity contribution in [1.29, 1.82) is 0 Å². The Bertz CT molecular complexity index is 1010. The lowest BCUT2D eigenvalue weighted by molar-refractivity contribution is 0.0185. The Balaban J connectivity index is 1.67. The minimum atomic E-state index is -1.07. The molecule has 3 nitrogen and oxygen atoms in total. The van der Waals surface area contributed by atoms with Gasteiger partial charge in [0.1, 0.15) is 5.60 Å². The molecule has 1 heterocycles. The van der Waals surface area contributed by atoms with E-state index in [0.717, 1.165) is 22.3 Å². The summed E-state index contributed by atoms with van der Waals surface area (Å²) in [6.45, 7) is 0.417. The highest BCUT2D eigenvalue weighted by atomic mass is 35.5. The van der Waals surface area contributed by atoms with Crippen molar-refractivity contribution in [1.82, 2.24) is 9.55 Å². The minimum absolute atomic E-state index is 0.417. The molecule has 0 saturated heterocycles. The Morgan fingerprint density at radius 3 is 2.18 bits per heavy atom. The van der Waals surface area contributed by atoms with Gasteiger partial charge in [0.15, 0.2) is 0 Å². The molecule has 0 spiro atoms. The van der Waals surface area contributed by atoms with Gasteiger partial charge in [-0.15, -0.1) is 0 Å². The van der Waals surface area contributed by atoms with Gasteiger partial charge in [-0.3, -0.25) is 0 Å². The van der Waals surface area contributed by atoms with Crippen LogP contribution in [0, 0.1) is 0 Å². The smallest absolute Gasteiger partial charge is 0.111 e. The number of aromatic nitrogens is 2. The Morgan fingerprint density at radius 2 is 1.54 bits per heavy atom. The molecule has 1 N–H and O–H groups in total. The number of imidazole rings is 1. The van der Waals surface area contributed by atoms with Gasteiger partial charge in [-0.1, -0.05) is 78.3 Å². The average Bonchev–Trinajstić information content (AvgIpc) is 3.23. The molecular formula is C24H21ClN2O. The van der Waals surface area contributed by atoms with Crippen molar-refractivity contribution in [3.8, 4) is 11.1 Å². The van der Waals surface area contributed by atoms with E-state index in [0.29, 0.717) is 18.0 Å². The third-order valence-corrected chi connectivity index (χ3v) is 5.19. The topological polar surface area (TPSA) is 38.0 Å². The van der Waals surface area contributed by atoms with E-state index < -0.39 is 5.60 Å². The lowest BCUT2D eigenvalue weighted by atomic mass is 9.86. The first-order chi connectivity index (χ1) is 13.6. The van der Waals surface area contributed by atoms with E-state index in [1.807, 2.05) is 65.4 Å². The number of aliphatic hydroxyl groups is 1. The van der Waals surface area contributed by atoms with Crippen LogP contribution in [0.25, 0.3) is 11.1 Å². The maximum atomic E-state index is 11.7. The fourth-order valence-electron chi connectivity index (χ4n) is 3.48. The van der Waals surface area contributed by atoms with Crippen molar-refractivity contribution in [3.05, 3.63) is 114 Å².